The summed E-state index contributed by atoms with van der Waals surface area (Å²) in [5, 5.41) is 6.16. The van der Waals surface area contributed by atoms with E-state index in [0.717, 1.165) is 67.1 Å². The van der Waals surface area contributed by atoms with Gasteiger partial charge in [0.2, 0.25) is 11.7 Å². The van der Waals surface area contributed by atoms with E-state index in [1.165, 1.54) is 25.8 Å². The standard InChI is InChI=1S/C18H25BrN4O2S/c19-15-11-16(26-13-15)18-20-17(25-21-18)12-23-5-2-14(3-6-23)1-4-22-7-9-24-10-8-22/h11,13-14H,1-10,12H2. The number of hydrogen-bond acceptors (Lipinski definition) is 7. The predicted molar refractivity (Wildman–Crippen MR) is 105 cm³/mol. The minimum atomic E-state index is 0.691. The van der Waals surface area contributed by atoms with Crippen molar-refractivity contribution in [3.05, 3.63) is 21.8 Å². The van der Waals surface area contributed by atoms with Crippen LogP contribution >= 0.6 is 27.3 Å². The molecule has 6 nitrogen and oxygen atoms in total. The van der Waals surface area contributed by atoms with Crippen molar-refractivity contribution in [2.24, 2.45) is 5.92 Å². The van der Waals surface area contributed by atoms with Gasteiger partial charge in [0.05, 0.1) is 24.6 Å². The van der Waals surface area contributed by atoms with Gasteiger partial charge in [-0.25, -0.2) is 0 Å². The van der Waals surface area contributed by atoms with Gasteiger partial charge in [0, 0.05) is 22.9 Å². The molecule has 0 saturated carbocycles. The summed E-state index contributed by atoms with van der Waals surface area (Å²) in [4.78, 5) is 10.6. The van der Waals surface area contributed by atoms with E-state index < -0.39 is 0 Å². The molecule has 0 atom stereocenters. The summed E-state index contributed by atoms with van der Waals surface area (Å²) in [7, 11) is 0. The Labute approximate surface area is 166 Å². The number of nitrogens with zero attached hydrogens (tertiary/aromatic N) is 4. The molecule has 0 spiro atoms. The van der Waals surface area contributed by atoms with Crippen LogP contribution in [0.1, 0.15) is 25.2 Å². The normalized spacial score (nSPS) is 20.7. The number of aromatic nitrogens is 2. The molecular formula is C18H25BrN4O2S. The van der Waals surface area contributed by atoms with Crippen LogP contribution in [0.5, 0.6) is 0 Å². The maximum absolute atomic E-state index is 5.45. The fraction of sp³-hybridized carbons (Fsp3) is 0.667. The molecule has 0 unspecified atom stereocenters. The van der Waals surface area contributed by atoms with Crippen LogP contribution in [0, 0.1) is 5.92 Å². The molecule has 0 amide bonds. The zero-order valence-electron chi connectivity index (χ0n) is 14.9. The second kappa shape index (κ2) is 8.93. The highest BCUT2D eigenvalue weighted by Gasteiger charge is 2.22. The second-order valence-corrected chi connectivity index (χ2v) is 8.93. The van der Waals surface area contributed by atoms with Crippen molar-refractivity contribution in [3.63, 3.8) is 0 Å². The molecule has 26 heavy (non-hydrogen) atoms. The first-order chi connectivity index (χ1) is 12.8. The SMILES string of the molecule is Brc1csc(-c2noc(CN3CCC(CCN4CCOCC4)CC3)n2)c1. The fourth-order valence-electron chi connectivity index (χ4n) is 3.66. The van der Waals surface area contributed by atoms with Crippen molar-refractivity contribution < 1.29 is 9.26 Å². The maximum Gasteiger partial charge on any atom is 0.241 e. The van der Waals surface area contributed by atoms with Gasteiger partial charge < -0.3 is 9.26 Å². The van der Waals surface area contributed by atoms with E-state index in [-0.39, 0.29) is 0 Å². The number of piperidine rings is 1. The minimum absolute atomic E-state index is 0.691. The second-order valence-electron chi connectivity index (χ2n) is 7.10. The van der Waals surface area contributed by atoms with Crippen molar-refractivity contribution >= 4 is 27.3 Å². The Balaban J connectivity index is 1.21. The van der Waals surface area contributed by atoms with E-state index in [2.05, 4.69) is 35.9 Å². The van der Waals surface area contributed by atoms with Gasteiger partial charge in [-0.2, -0.15) is 4.98 Å². The molecule has 2 aromatic heterocycles. The Morgan fingerprint density at radius 1 is 1.15 bits per heavy atom. The van der Waals surface area contributed by atoms with Crippen LogP contribution in [-0.2, 0) is 11.3 Å². The van der Waals surface area contributed by atoms with Crippen LogP contribution in [0.3, 0.4) is 0 Å². The van der Waals surface area contributed by atoms with Gasteiger partial charge in [-0.05, 0) is 66.8 Å². The number of halogens is 1. The lowest BCUT2D eigenvalue weighted by Gasteiger charge is -2.33. The predicted octanol–water partition coefficient (Wildman–Crippen LogP) is 3.49. The highest BCUT2D eigenvalue weighted by atomic mass is 79.9. The quantitative estimate of drug-likeness (QED) is 0.684. The molecule has 2 fully saturated rings. The fourth-order valence-corrected chi connectivity index (χ4v) is 5.02. The molecule has 2 aromatic rings. The molecule has 2 aliphatic heterocycles. The minimum Gasteiger partial charge on any atom is -0.379 e. The van der Waals surface area contributed by atoms with Gasteiger partial charge in [0.15, 0.2) is 0 Å². The summed E-state index contributed by atoms with van der Waals surface area (Å²) < 4.78 is 11.9. The van der Waals surface area contributed by atoms with Crippen molar-refractivity contribution in [1.29, 1.82) is 0 Å². The van der Waals surface area contributed by atoms with Gasteiger partial charge in [-0.3, -0.25) is 9.80 Å². The highest BCUT2D eigenvalue weighted by Crippen LogP contribution is 2.28. The molecule has 0 bridgehead atoms. The summed E-state index contributed by atoms with van der Waals surface area (Å²) in [6, 6.07) is 2.03. The Morgan fingerprint density at radius 3 is 2.69 bits per heavy atom. The lowest BCUT2D eigenvalue weighted by atomic mass is 9.93. The van der Waals surface area contributed by atoms with E-state index in [4.69, 9.17) is 9.26 Å². The summed E-state index contributed by atoms with van der Waals surface area (Å²) in [6.45, 7) is 8.21. The monoisotopic (exact) mass is 440 g/mol. The van der Waals surface area contributed by atoms with E-state index >= 15 is 0 Å². The molecule has 0 aromatic carbocycles. The number of rotatable bonds is 6. The van der Waals surface area contributed by atoms with E-state index in [1.54, 1.807) is 11.3 Å². The van der Waals surface area contributed by atoms with E-state index in [1.807, 2.05) is 11.4 Å². The number of hydrogen-bond donors (Lipinski definition) is 0. The lowest BCUT2D eigenvalue weighted by molar-refractivity contribution is 0.0333. The van der Waals surface area contributed by atoms with Crippen molar-refractivity contribution in [2.45, 2.75) is 25.8 Å². The Hall–Kier alpha value is -0.800. The molecule has 2 aliphatic rings. The lowest BCUT2D eigenvalue weighted by Crippen LogP contribution is -2.39. The third kappa shape index (κ3) is 4.92. The van der Waals surface area contributed by atoms with Crippen LogP contribution in [0.15, 0.2) is 20.4 Å². The summed E-state index contributed by atoms with van der Waals surface area (Å²) >= 11 is 5.09. The van der Waals surface area contributed by atoms with Gasteiger partial charge in [0.1, 0.15) is 0 Å². The molecule has 4 rings (SSSR count). The van der Waals surface area contributed by atoms with Gasteiger partial charge in [-0.15, -0.1) is 11.3 Å². The van der Waals surface area contributed by atoms with Crippen LogP contribution in [0.25, 0.3) is 10.7 Å². The molecule has 142 valence electrons. The molecule has 2 saturated heterocycles. The molecule has 0 N–H and O–H groups in total. The molecule has 4 heterocycles. The molecule has 8 heteroatoms. The average molecular weight is 441 g/mol. The van der Waals surface area contributed by atoms with E-state index in [9.17, 15) is 0 Å². The first-order valence-electron chi connectivity index (χ1n) is 9.36. The van der Waals surface area contributed by atoms with Crippen molar-refractivity contribution in [3.8, 4) is 10.7 Å². The number of morpholine rings is 1. The van der Waals surface area contributed by atoms with Crippen molar-refractivity contribution in [2.75, 3.05) is 45.9 Å². The summed E-state index contributed by atoms with van der Waals surface area (Å²) in [5.74, 6) is 2.25. The van der Waals surface area contributed by atoms with Crippen LogP contribution in [-0.4, -0.2) is 65.9 Å². The van der Waals surface area contributed by atoms with Gasteiger partial charge in [-0.1, -0.05) is 5.16 Å². The third-order valence-corrected chi connectivity index (χ3v) is 6.97. The Bertz CT molecular complexity index is 693. The van der Waals surface area contributed by atoms with Crippen molar-refractivity contribution in [1.82, 2.24) is 19.9 Å². The first-order valence-corrected chi connectivity index (χ1v) is 11.0. The average Bonchev–Trinajstić information content (AvgIpc) is 3.31. The largest absolute Gasteiger partial charge is 0.379 e. The number of thiophene rings is 1. The zero-order chi connectivity index (χ0) is 17.8. The summed E-state index contributed by atoms with van der Waals surface area (Å²) in [5.41, 5.74) is 0. The van der Waals surface area contributed by atoms with Crippen LogP contribution < -0.4 is 0 Å². The topological polar surface area (TPSA) is 54.6 Å². The summed E-state index contributed by atoms with van der Waals surface area (Å²) in [6.07, 6.45) is 3.85. The van der Waals surface area contributed by atoms with Crippen LogP contribution in [0.4, 0.5) is 0 Å². The highest BCUT2D eigenvalue weighted by molar-refractivity contribution is 9.10. The Morgan fingerprint density at radius 2 is 1.96 bits per heavy atom. The zero-order valence-corrected chi connectivity index (χ0v) is 17.3. The molecule has 0 radical (unpaired) electrons. The smallest absolute Gasteiger partial charge is 0.241 e. The van der Waals surface area contributed by atoms with Crippen LogP contribution in [0.2, 0.25) is 0 Å². The molecule has 0 aliphatic carbocycles. The number of likely N-dealkylation sites (tertiary alicyclic amines) is 1. The van der Waals surface area contributed by atoms with Gasteiger partial charge >= 0.3 is 0 Å². The van der Waals surface area contributed by atoms with E-state index in [0.29, 0.717) is 5.82 Å². The number of ether oxygens (including phenoxy) is 1. The first kappa shape index (κ1) is 18.6. The molecular weight excluding hydrogens is 416 g/mol. The Kier molecular flexibility index (Phi) is 6.37. The maximum atomic E-state index is 5.45. The third-order valence-electron chi connectivity index (χ3n) is 5.28. The van der Waals surface area contributed by atoms with Gasteiger partial charge in [0.25, 0.3) is 0 Å².